The molecule has 0 aliphatic heterocycles. The Morgan fingerprint density at radius 1 is 0.793 bits per heavy atom. The SMILES string of the molecule is CCCC(=O)Nc1ccc(C(=O)NCCNC(=O)CCCc2ccccc2)cc1. The topological polar surface area (TPSA) is 87.3 Å². The molecule has 3 N–H and O–H groups in total. The first kappa shape index (κ1) is 22.1. The summed E-state index contributed by atoms with van der Waals surface area (Å²) in [5, 5.41) is 8.38. The van der Waals surface area contributed by atoms with Gasteiger partial charge in [0.1, 0.15) is 0 Å². The molecule has 0 unspecified atom stereocenters. The van der Waals surface area contributed by atoms with Crippen molar-refractivity contribution >= 4 is 23.4 Å². The molecule has 0 fully saturated rings. The van der Waals surface area contributed by atoms with Gasteiger partial charge < -0.3 is 16.0 Å². The van der Waals surface area contributed by atoms with Crippen LogP contribution in [0.3, 0.4) is 0 Å². The number of carbonyl (C=O) groups is 3. The highest BCUT2D eigenvalue weighted by atomic mass is 16.2. The zero-order valence-corrected chi connectivity index (χ0v) is 16.9. The van der Waals surface area contributed by atoms with Gasteiger partial charge in [-0.3, -0.25) is 14.4 Å². The standard InChI is InChI=1S/C23H29N3O3/c1-2-7-22(28)26-20-14-12-19(13-15-20)23(29)25-17-16-24-21(27)11-6-10-18-8-4-3-5-9-18/h3-5,8-9,12-15H,2,6-7,10-11,16-17H2,1H3,(H,24,27)(H,25,29)(H,26,28). The van der Waals surface area contributed by atoms with Gasteiger partial charge in [0.25, 0.3) is 5.91 Å². The van der Waals surface area contributed by atoms with Crippen LogP contribution in [0, 0.1) is 0 Å². The molecule has 0 heterocycles. The molecule has 0 radical (unpaired) electrons. The molecule has 0 bridgehead atoms. The van der Waals surface area contributed by atoms with Crippen LogP contribution in [0.25, 0.3) is 0 Å². The van der Waals surface area contributed by atoms with Crippen LogP contribution in [0.4, 0.5) is 5.69 Å². The third-order valence-corrected chi connectivity index (χ3v) is 4.35. The number of hydrogen-bond acceptors (Lipinski definition) is 3. The molecule has 154 valence electrons. The maximum absolute atomic E-state index is 12.1. The number of aryl methyl sites for hydroxylation is 1. The van der Waals surface area contributed by atoms with Gasteiger partial charge in [0, 0.05) is 37.2 Å². The van der Waals surface area contributed by atoms with Crippen molar-refractivity contribution in [2.24, 2.45) is 0 Å². The number of anilines is 1. The lowest BCUT2D eigenvalue weighted by molar-refractivity contribution is -0.121. The van der Waals surface area contributed by atoms with Crippen molar-refractivity contribution in [2.45, 2.75) is 39.0 Å². The average Bonchev–Trinajstić information content (AvgIpc) is 2.72. The quantitative estimate of drug-likeness (QED) is 0.510. The van der Waals surface area contributed by atoms with Gasteiger partial charge in [-0.2, -0.15) is 0 Å². The third kappa shape index (κ3) is 8.60. The molecule has 0 saturated carbocycles. The predicted octanol–water partition coefficient (Wildman–Crippen LogP) is 3.29. The molecule has 0 atom stereocenters. The highest BCUT2D eigenvalue weighted by Gasteiger charge is 2.07. The van der Waals surface area contributed by atoms with Gasteiger partial charge in [-0.15, -0.1) is 0 Å². The minimum absolute atomic E-state index is 0.0117. The highest BCUT2D eigenvalue weighted by molar-refractivity contribution is 5.95. The molecular formula is C23H29N3O3. The highest BCUT2D eigenvalue weighted by Crippen LogP contribution is 2.10. The van der Waals surface area contributed by atoms with Crippen LogP contribution in [0.1, 0.15) is 48.5 Å². The van der Waals surface area contributed by atoms with Crippen LogP contribution in [0.2, 0.25) is 0 Å². The third-order valence-electron chi connectivity index (χ3n) is 4.35. The number of nitrogens with one attached hydrogen (secondary N) is 3. The molecule has 2 aromatic rings. The minimum Gasteiger partial charge on any atom is -0.354 e. The smallest absolute Gasteiger partial charge is 0.251 e. The van der Waals surface area contributed by atoms with Crippen molar-refractivity contribution in [2.75, 3.05) is 18.4 Å². The molecule has 0 spiro atoms. The van der Waals surface area contributed by atoms with Crippen molar-refractivity contribution in [3.63, 3.8) is 0 Å². The summed E-state index contributed by atoms with van der Waals surface area (Å²) in [4.78, 5) is 35.6. The fourth-order valence-electron chi connectivity index (χ4n) is 2.82. The van der Waals surface area contributed by atoms with E-state index < -0.39 is 0 Å². The molecule has 6 heteroatoms. The Morgan fingerprint density at radius 2 is 1.48 bits per heavy atom. The zero-order valence-electron chi connectivity index (χ0n) is 16.9. The summed E-state index contributed by atoms with van der Waals surface area (Å²) >= 11 is 0. The second kappa shape index (κ2) is 12.3. The Bertz CT molecular complexity index is 789. The molecule has 0 saturated heterocycles. The van der Waals surface area contributed by atoms with E-state index in [1.54, 1.807) is 24.3 Å². The van der Waals surface area contributed by atoms with E-state index in [1.807, 2.05) is 25.1 Å². The Kier molecular flexibility index (Phi) is 9.42. The van der Waals surface area contributed by atoms with Crippen LogP contribution in [0.15, 0.2) is 54.6 Å². The van der Waals surface area contributed by atoms with Gasteiger partial charge in [-0.25, -0.2) is 0 Å². The number of carbonyl (C=O) groups excluding carboxylic acids is 3. The van der Waals surface area contributed by atoms with Crippen molar-refractivity contribution in [3.05, 3.63) is 65.7 Å². The number of rotatable bonds is 11. The zero-order chi connectivity index (χ0) is 20.9. The lowest BCUT2D eigenvalue weighted by atomic mass is 10.1. The predicted molar refractivity (Wildman–Crippen MR) is 115 cm³/mol. The summed E-state index contributed by atoms with van der Waals surface area (Å²) < 4.78 is 0. The van der Waals surface area contributed by atoms with E-state index in [4.69, 9.17) is 0 Å². The van der Waals surface area contributed by atoms with E-state index in [0.717, 1.165) is 19.3 Å². The monoisotopic (exact) mass is 395 g/mol. The fourth-order valence-corrected chi connectivity index (χ4v) is 2.82. The summed E-state index contributed by atoms with van der Waals surface area (Å²) in [6.45, 7) is 2.69. The molecular weight excluding hydrogens is 366 g/mol. The van der Waals surface area contributed by atoms with Gasteiger partial charge in [0.2, 0.25) is 11.8 Å². The van der Waals surface area contributed by atoms with Crippen LogP contribution in [-0.4, -0.2) is 30.8 Å². The second-order valence-electron chi connectivity index (χ2n) is 6.82. The van der Waals surface area contributed by atoms with E-state index in [1.165, 1.54) is 5.56 Å². The van der Waals surface area contributed by atoms with E-state index in [2.05, 4.69) is 28.1 Å². The first-order valence-corrected chi connectivity index (χ1v) is 10.1. The van der Waals surface area contributed by atoms with Gasteiger partial charge >= 0.3 is 0 Å². The molecule has 0 aliphatic rings. The Hall–Kier alpha value is -3.15. The summed E-state index contributed by atoms with van der Waals surface area (Å²) in [5.41, 5.74) is 2.40. The van der Waals surface area contributed by atoms with Gasteiger partial charge in [0.05, 0.1) is 0 Å². The Labute approximate surface area is 172 Å². The summed E-state index contributed by atoms with van der Waals surface area (Å²) in [5.74, 6) is -0.263. The van der Waals surface area contributed by atoms with E-state index >= 15 is 0 Å². The molecule has 2 rings (SSSR count). The van der Waals surface area contributed by atoms with E-state index in [-0.39, 0.29) is 17.7 Å². The van der Waals surface area contributed by atoms with Crippen molar-refractivity contribution in [1.82, 2.24) is 10.6 Å². The van der Waals surface area contributed by atoms with Crippen LogP contribution in [-0.2, 0) is 16.0 Å². The largest absolute Gasteiger partial charge is 0.354 e. The molecule has 2 aromatic carbocycles. The molecule has 0 aromatic heterocycles. The van der Waals surface area contributed by atoms with Crippen LogP contribution < -0.4 is 16.0 Å². The van der Waals surface area contributed by atoms with Gasteiger partial charge in [-0.05, 0) is 49.1 Å². The summed E-state index contributed by atoms with van der Waals surface area (Å²) in [7, 11) is 0. The lowest BCUT2D eigenvalue weighted by Crippen LogP contribution is -2.34. The fraction of sp³-hybridized carbons (Fsp3) is 0.348. The molecule has 29 heavy (non-hydrogen) atoms. The van der Waals surface area contributed by atoms with Crippen LogP contribution in [0.5, 0.6) is 0 Å². The first-order chi connectivity index (χ1) is 14.1. The average molecular weight is 396 g/mol. The molecule has 0 aliphatic carbocycles. The maximum atomic E-state index is 12.1. The lowest BCUT2D eigenvalue weighted by Gasteiger charge is -2.08. The number of benzene rings is 2. The summed E-state index contributed by atoms with van der Waals surface area (Å²) in [6.07, 6.45) is 3.40. The van der Waals surface area contributed by atoms with E-state index in [9.17, 15) is 14.4 Å². The number of amides is 3. The molecule has 6 nitrogen and oxygen atoms in total. The number of hydrogen-bond donors (Lipinski definition) is 3. The van der Waals surface area contributed by atoms with E-state index in [0.29, 0.717) is 37.2 Å². The first-order valence-electron chi connectivity index (χ1n) is 10.1. The normalized spacial score (nSPS) is 10.2. The van der Waals surface area contributed by atoms with Crippen molar-refractivity contribution in [3.8, 4) is 0 Å². The van der Waals surface area contributed by atoms with Gasteiger partial charge in [0.15, 0.2) is 0 Å². The Balaban J connectivity index is 1.61. The van der Waals surface area contributed by atoms with Crippen molar-refractivity contribution in [1.29, 1.82) is 0 Å². The second-order valence-corrected chi connectivity index (χ2v) is 6.82. The Morgan fingerprint density at radius 3 is 2.17 bits per heavy atom. The maximum Gasteiger partial charge on any atom is 0.251 e. The minimum atomic E-state index is -0.213. The van der Waals surface area contributed by atoms with Gasteiger partial charge in [-0.1, -0.05) is 37.3 Å². The van der Waals surface area contributed by atoms with Crippen molar-refractivity contribution < 1.29 is 14.4 Å². The summed E-state index contributed by atoms with van der Waals surface area (Å²) in [6, 6.07) is 16.8. The van der Waals surface area contributed by atoms with Crippen LogP contribution >= 0.6 is 0 Å². The molecule has 3 amide bonds.